The fourth-order valence-corrected chi connectivity index (χ4v) is 3.40. The highest BCUT2D eigenvalue weighted by Crippen LogP contribution is 2.29. The molecule has 6 heteroatoms. The number of rotatable bonds is 4. The van der Waals surface area contributed by atoms with Gasteiger partial charge < -0.3 is 10.2 Å². The van der Waals surface area contributed by atoms with Gasteiger partial charge in [-0.25, -0.2) is 0 Å². The van der Waals surface area contributed by atoms with Crippen molar-refractivity contribution in [3.8, 4) is 0 Å². The second-order valence-corrected chi connectivity index (χ2v) is 6.24. The summed E-state index contributed by atoms with van der Waals surface area (Å²) in [6.07, 6.45) is 7.67. The zero-order valence-corrected chi connectivity index (χ0v) is 12.7. The van der Waals surface area contributed by atoms with Gasteiger partial charge in [0.15, 0.2) is 0 Å². The predicted octanol–water partition coefficient (Wildman–Crippen LogP) is 3.12. The number of nitrogens with zero attached hydrogens (tertiary/aromatic N) is 4. The summed E-state index contributed by atoms with van der Waals surface area (Å²) in [5.74, 6) is 2.05. The number of nitrogens with one attached hydrogen (secondary N) is 1. The first-order chi connectivity index (χ1) is 9.72. The number of aromatic nitrogens is 3. The first-order valence-electron chi connectivity index (χ1n) is 7.65. The van der Waals surface area contributed by atoms with Gasteiger partial charge in [-0.05, 0) is 50.1 Å². The van der Waals surface area contributed by atoms with E-state index in [1.165, 1.54) is 38.5 Å². The van der Waals surface area contributed by atoms with Crippen molar-refractivity contribution < 1.29 is 0 Å². The van der Waals surface area contributed by atoms with Gasteiger partial charge in [-0.3, -0.25) is 0 Å². The Morgan fingerprint density at radius 2 is 1.80 bits per heavy atom. The molecule has 0 bridgehead atoms. The molecule has 1 N–H and O–H groups in total. The van der Waals surface area contributed by atoms with Crippen LogP contribution in [0, 0.1) is 5.92 Å². The molecule has 1 saturated heterocycles. The molecule has 1 saturated carbocycles. The molecule has 2 aliphatic rings. The van der Waals surface area contributed by atoms with Crippen molar-refractivity contribution in [2.45, 2.75) is 51.5 Å². The van der Waals surface area contributed by atoms with E-state index in [4.69, 9.17) is 11.6 Å². The normalized spacial score (nSPS) is 21.4. The summed E-state index contributed by atoms with van der Waals surface area (Å²) in [6, 6.07) is 0.391. The van der Waals surface area contributed by atoms with E-state index in [0.717, 1.165) is 19.0 Å². The number of anilines is 2. The molecule has 0 aromatic carbocycles. The van der Waals surface area contributed by atoms with Crippen molar-refractivity contribution >= 4 is 23.5 Å². The fourth-order valence-electron chi connectivity index (χ4n) is 3.24. The summed E-state index contributed by atoms with van der Waals surface area (Å²) in [7, 11) is 0. The summed E-state index contributed by atoms with van der Waals surface area (Å²) < 4.78 is 0. The topological polar surface area (TPSA) is 53.9 Å². The highest BCUT2D eigenvalue weighted by atomic mass is 35.5. The van der Waals surface area contributed by atoms with E-state index in [9.17, 15) is 0 Å². The van der Waals surface area contributed by atoms with E-state index in [-0.39, 0.29) is 5.28 Å². The molecule has 0 spiro atoms. The lowest BCUT2D eigenvalue weighted by atomic mass is 10.0. The van der Waals surface area contributed by atoms with Crippen LogP contribution in [0.3, 0.4) is 0 Å². The lowest BCUT2D eigenvalue weighted by Crippen LogP contribution is -2.26. The van der Waals surface area contributed by atoms with Crippen LogP contribution in [0.2, 0.25) is 5.28 Å². The lowest BCUT2D eigenvalue weighted by Gasteiger charge is -2.21. The molecule has 1 atom stereocenters. The van der Waals surface area contributed by atoms with Gasteiger partial charge in [0.2, 0.25) is 17.2 Å². The van der Waals surface area contributed by atoms with Crippen molar-refractivity contribution in [2.24, 2.45) is 5.92 Å². The summed E-state index contributed by atoms with van der Waals surface area (Å²) in [4.78, 5) is 15.2. The molecule has 5 nitrogen and oxygen atoms in total. The average molecular weight is 296 g/mol. The Hall–Kier alpha value is -1.10. The van der Waals surface area contributed by atoms with Gasteiger partial charge in [0.1, 0.15) is 0 Å². The standard InChI is InChI=1S/C14H22ClN5/c1-10(11-6-2-3-7-11)16-13-17-12(15)18-14(19-13)20-8-4-5-9-20/h10-11H,2-9H2,1H3,(H,16,17,18,19). The molecule has 20 heavy (non-hydrogen) atoms. The molecule has 1 aromatic rings. The third kappa shape index (κ3) is 3.14. The van der Waals surface area contributed by atoms with Gasteiger partial charge in [-0.1, -0.05) is 12.8 Å². The number of halogens is 1. The van der Waals surface area contributed by atoms with Crippen LogP contribution in [0.25, 0.3) is 0 Å². The second kappa shape index (κ2) is 6.12. The molecule has 3 rings (SSSR count). The Morgan fingerprint density at radius 1 is 1.10 bits per heavy atom. The van der Waals surface area contributed by atoms with Crippen molar-refractivity contribution in [3.63, 3.8) is 0 Å². The van der Waals surface area contributed by atoms with Gasteiger partial charge >= 0.3 is 0 Å². The molecular formula is C14H22ClN5. The minimum Gasteiger partial charge on any atom is -0.351 e. The monoisotopic (exact) mass is 295 g/mol. The molecule has 1 aliphatic carbocycles. The number of hydrogen-bond donors (Lipinski definition) is 1. The molecule has 2 fully saturated rings. The zero-order chi connectivity index (χ0) is 13.9. The second-order valence-electron chi connectivity index (χ2n) is 5.90. The average Bonchev–Trinajstić information content (AvgIpc) is 3.12. The maximum Gasteiger partial charge on any atom is 0.231 e. The first kappa shape index (κ1) is 13.9. The maximum atomic E-state index is 6.04. The molecule has 110 valence electrons. The van der Waals surface area contributed by atoms with Gasteiger partial charge in [0.25, 0.3) is 0 Å². The zero-order valence-electron chi connectivity index (χ0n) is 12.0. The molecule has 2 heterocycles. The van der Waals surface area contributed by atoms with E-state index < -0.39 is 0 Å². The molecule has 0 amide bonds. The van der Waals surface area contributed by atoms with Crippen LogP contribution in [-0.2, 0) is 0 Å². The molecule has 1 aromatic heterocycles. The third-order valence-corrected chi connectivity index (χ3v) is 4.62. The van der Waals surface area contributed by atoms with Crippen molar-refractivity contribution in [3.05, 3.63) is 5.28 Å². The molecule has 0 radical (unpaired) electrons. The van der Waals surface area contributed by atoms with Crippen LogP contribution in [0.4, 0.5) is 11.9 Å². The van der Waals surface area contributed by atoms with Crippen molar-refractivity contribution in [1.82, 2.24) is 15.0 Å². The summed E-state index contributed by atoms with van der Waals surface area (Å²) in [5, 5.41) is 3.70. The third-order valence-electron chi connectivity index (χ3n) is 4.45. The van der Waals surface area contributed by atoms with Crippen LogP contribution < -0.4 is 10.2 Å². The van der Waals surface area contributed by atoms with E-state index in [2.05, 4.69) is 32.1 Å². The minimum atomic E-state index is 0.281. The molecule has 1 aliphatic heterocycles. The van der Waals surface area contributed by atoms with Crippen LogP contribution in [-0.4, -0.2) is 34.1 Å². The number of hydrogen-bond acceptors (Lipinski definition) is 5. The highest BCUT2D eigenvalue weighted by molar-refractivity contribution is 6.28. The highest BCUT2D eigenvalue weighted by Gasteiger charge is 2.23. The van der Waals surface area contributed by atoms with Crippen LogP contribution in [0.15, 0.2) is 0 Å². The predicted molar refractivity (Wildman–Crippen MR) is 81.3 cm³/mol. The van der Waals surface area contributed by atoms with Gasteiger partial charge in [-0.15, -0.1) is 0 Å². The van der Waals surface area contributed by atoms with E-state index in [0.29, 0.717) is 17.9 Å². The largest absolute Gasteiger partial charge is 0.351 e. The maximum absolute atomic E-state index is 6.04. The van der Waals surface area contributed by atoms with Gasteiger partial charge in [0.05, 0.1) is 0 Å². The van der Waals surface area contributed by atoms with E-state index >= 15 is 0 Å². The summed E-state index contributed by atoms with van der Waals surface area (Å²) in [5.41, 5.74) is 0. The Labute approximate surface area is 125 Å². The molecular weight excluding hydrogens is 274 g/mol. The van der Waals surface area contributed by atoms with Gasteiger partial charge in [0, 0.05) is 19.1 Å². The SMILES string of the molecule is CC(Nc1nc(Cl)nc(N2CCCC2)n1)C1CCCC1. The summed E-state index contributed by atoms with van der Waals surface area (Å²) in [6.45, 7) is 4.24. The quantitative estimate of drug-likeness (QED) is 0.925. The van der Waals surface area contributed by atoms with E-state index in [1.807, 2.05) is 0 Å². The Bertz CT molecular complexity index is 455. The minimum absolute atomic E-state index is 0.281. The Kier molecular flexibility index (Phi) is 4.24. The summed E-state index contributed by atoms with van der Waals surface area (Å²) >= 11 is 6.04. The fraction of sp³-hybridized carbons (Fsp3) is 0.786. The Balaban J connectivity index is 1.71. The van der Waals surface area contributed by atoms with Crippen LogP contribution in [0.5, 0.6) is 0 Å². The van der Waals surface area contributed by atoms with Crippen LogP contribution >= 0.6 is 11.6 Å². The Morgan fingerprint density at radius 3 is 2.50 bits per heavy atom. The van der Waals surface area contributed by atoms with Crippen LogP contribution in [0.1, 0.15) is 45.4 Å². The van der Waals surface area contributed by atoms with Crippen molar-refractivity contribution in [2.75, 3.05) is 23.3 Å². The molecule has 1 unspecified atom stereocenters. The smallest absolute Gasteiger partial charge is 0.231 e. The van der Waals surface area contributed by atoms with Gasteiger partial charge in [-0.2, -0.15) is 15.0 Å². The van der Waals surface area contributed by atoms with Crippen molar-refractivity contribution in [1.29, 1.82) is 0 Å². The first-order valence-corrected chi connectivity index (χ1v) is 8.03. The lowest BCUT2D eigenvalue weighted by molar-refractivity contribution is 0.479. The van der Waals surface area contributed by atoms with E-state index in [1.54, 1.807) is 0 Å².